The van der Waals surface area contributed by atoms with Crippen molar-refractivity contribution < 1.29 is 36.7 Å². The average molecular weight is 1990 g/mol. The number of H-pyrrole nitrogens is 1. The SMILES string of the molecule is N#Cc1cccc(F)c1-c1ccc2nc(-c3ccc(Cl)cc3)c(CN3CCOCC3)n2c1.O=C(c1ccncc1)N1CCN(Cc2c(-c3ccc(Cl)cc3)nc3ccc(-c4c(F)cccc4F)cn23)CC1.O=C(c1cnc[nH]1)N1CCN(Cc2c(-c3ccc(Cl)cc3)nc3ccc(-c4ccccc4)cn23)CC1.O=C(c1cnco1)N1CCN(Cc2c(-c3ccc(Cl)cc3)nc3ccc(-c4ccccc4)cn23)CC1. The molecule has 0 bridgehead atoms. The fraction of sp³-hybridized carbons (Fsp3) is 0.180. The maximum absolute atomic E-state index is 14.7. The first kappa shape index (κ1) is 95.3. The molecule has 25 nitrogen and oxygen atoms in total. The number of rotatable bonds is 19. The second kappa shape index (κ2) is 43.5. The first-order valence-electron chi connectivity index (χ1n) is 46.9. The zero-order chi connectivity index (χ0) is 98.0. The number of aromatic amines is 1. The van der Waals surface area contributed by atoms with Gasteiger partial charge in [-0.3, -0.25) is 39.0 Å². The van der Waals surface area contributed by atoms with Gasteiger partial charge >= 0.3 is 0 Å². The van der Waals surface area contributed by atoms with Crippen LogP contribution in [0.1, 0.15) is 59.7 Å². The third-order valence-corrected chi connectivity index (χ3v) is 27.1. The zero-order valence-corrected chi connectivity index (χ0v) is 80.4. The molecule has 8 aromatic carbocycles. The average Bonchev–Trinajstić information content (AvgIpc) is 1.63. The minimum Gasteiger partial charge on any atom is -0.438 e. The van der Waals surface area contributed by atoms with Crippen LogP contribution in [0.5, 0.6) is 0 Å². The van der Waals surface area contributed by atoms with Crippen LogP contribution >= 0.6 is 46.4 Å². The Morgan fingerprint density at radius 1 is 0.343 bits per heavy atom. The van der Waals surface area contributed by atoms with Crippen molar-refractivity contribution in [3.8, 4) is 95.6 Å². The summed E-state index contributed by atoms with van der Waals surface area (Å²) < 4.78 is 62.9. The Labute approximate surface area is 841 Å². The van der Waals surface area contributed by atoms with Gasteiger partial charge in [0, 0.05) is 220 Å². The molecule has 19 aromatic rings. The quantitative estimate of drug-likeness (QED) is 0.0791. The van der Waals surface area contributed by atoms with Gasteiger partial charge in [-0.05, 0) is 156 Å². The van der Waals surface area contributed by atoms with Crippen LogP contribution < -0.4 is 0 Å². The molecule has 11 aromatic heterocycles. The highest BCUT2D eigenvalue weighted by Crippen LogP contribution is 2.38. The molecule has 716 valence electrons. The van der Waals surface area contributed by atoms with Crippen LogP contribution in [0, 0.1) is 28.8 Å². The second-order valence-corrected chi connectivity index (χ2v) is 36.7. The molecule has 3 amide bonds. The van der Waals surface area contributed by atoms with E-state index < -0.39 is 17.5 Å². The molecule has 0 atom stereocenters. The maximum atomic E-state index is 14.7. The predicted octanol–water partition coefficient (Wildman–Crippen LogP) is 21.4. The number of hydrogen-bond donors (Lipinski definition) is 1. The number of fused-ring (bicyclic) bond motifs is 4. The maximum Gasteiger partial charge on any atom is 0.291 e. The highest BCUT2D eigenvalue weighted by molar-refractivity contribution is 6.31. The molecule has 15 heterocycles. The molecule has 0 saturated carbocycles. The number of oxazole rings is 1. The Hall–Kier alpha value is -15.3. The second-order valence-electron chi connectivity index (χ2n) is 35.0. The van der Waals surface area contributed by atoms with Gasteiger partial charge in [-0.1, -0.05) is 168 Å². The zero-order valence-electron chi connectivity index (χ0n) is 77.3. The van der Waals surface area contributed by atoms with Gasteiger partial charge in [0.15, 0.2) is 6.39 Å². The van der Waals surface area contributed by atoms with E-state index >= 15 is 0 Å². The largest absolute Gasteiger partial charge is 0.438 e. The number of amides is 3. The lowest BCUT2D eigenvalue weighted by Crippen LogP contribution is -2.48. The van der Waals surface area contributed by atoms with Crippen molar-refractivity contribution in [3.05, 3.63) is 400 Å². The summed E-state index contributed by atoms with van der Waals surface area (Å²) in [5, 5.41) is 12.2. The molecule has 4 fully saturated rings. The first-order chi connectivity index (χ1) is 69.9. The van der Waals surface area contributed by atoms with Crippen LogP contribution in [0.15, 0.2) is 322 Å². The number of benzene rings is 8. The van der Waals surface area contributed by atoms with Gasteiger partial charge in [0.2, 0.25) is 5.76 Å². The normalized spacial score (nSPS) is 14.4. The van der Waals surface area contributed by atoms with E-state index in [1.54, 1.807) is 61.2 Å². The number of nitriles is 1. The van der Waals surface area contributed by atoms with E-state index in [-0.39, 0.29) is 29.0 Å². The number of aromatic nitrogens is 12. The van der Waals surface area contributed by atoms with Gasteiger partial charge < -0.3 is 46.4 Å². The van der Waals surface area contributed by atoms with Crippen LogP contribution in [0.4, 0.5) is 13.2 Å². The van der Waals surface area contributed by atoms with E-state index in [1.165, 1.54) is 43.2 Å². The van der Waals surface area contributed by atoms with Crippen LogP contribution in [0.25, 0.3) is 112 Å². The van der Waals surface area contributed by atoms with E-state index in [0.29, 0.717) is 144 Å². The fourth-order valence-corrected chi connectivity index (χ4v) is 19.1. The van der Waals surface area contributed by atoms with E-state index in [1.807, 2.05) is 163 Å². The molecule has 0 unspecified atom stereocenters. The summed E-state index contributed by atoms with van der Waals surface area (Å²) in [6.07, 6.45) is 17.1. The molecule has 4 saturated heterocycles. The first-order valence-corrected chi connectivity index (χ1v) is 48.4. The van der Waals surface area contributed by atoms with Gasteiger partial charge in [0.1, 0.15) is 45.7 Å². The van der Waals surface area contributed by atoms with Gasteiger partial charge in [0.05, 0.1) is 94.7 Å². The van der Waals surface area contributed by atoms with Crippen molar-refractivity contribution in [3.63, 3.8) is 0 Å². The number of ether oxygens (including phenoxy) is 1. The van der Waals surface area contributed by atoms with Gasteiger partial charge in [-0.15, -0.1) is 0 Å². The molecule has 32 heteroatoms. The minimum atomic E-state index is -0.621. The van der Waals surface area contributed by atoms with Crippen LogP contribution in [-0.4, -0.2) is 214 Å². The van der Waals surface area contributed by atoms with Crippen molar-refractivity contribution in [1.29, 1.82) is 5.26 Å². The lowest BCUT2D eigenvalue weighted by Gasteiger charge is -2.34. The molecular formula is C111H93Cl4F3N20O5. The Kier molecular flexibility index (Phi) is 29.0. The van der Waals surface area contributed by atoms with Crippen molar-refractivity contribution in [2.45, 2.75) is 26.2 Å². The lowest BCUT2D eigenvalue weighted by molar-refractivity contribution is 0.0336. The Balaban J connectivity index is 0.000000117. The van der Waals surface area contributed by atoms with E-state index in [9.17, 15) is 32.8 Å². The number of pyridine rings is 5. The van der Waals surface area contributed by atoms with Gasteiger partial charge in [0.25, 0.3) is 17.7 Å². The van der Waals surface area contributed by atoms with Crippen molar-refractivity contribution in [2.24, 2.45) is 0 Å². The van der Waals surface area contributed by atoms with E-state index in [0.717, 1.165) is 153 Å². The number of nitrogens with zero attached hydrogens (tertiary/aromatic N) is 19. The Morgan fingerprint density at radius 2 is 0.692 bits per heavy atom. The summed E-state index contributed by atoms with van der Waals surface area (Å²) in [4.78, 5) is 87.6. The van der Waals surface area contributed by atoms with Crippen molar-refractivity contribution >= 4 is 86.7 Å². The number of imidazole rings is 5. The summed E-state index contributed by atoms with van der Waals surface area (Å²) >= 11 is 24.6. The highest BCUT2D eigenvalue weighted by atomic mass is 35.5. The van der Waals surface area contributed by atoms with Crippen LogP contribution in [-0.2, 0) is 30.9 Å². The smallest absolute Gasteiger partial charge is 0.291 e. The number of hydrogen-bond acceptors (Lipinski definition) is 17. The molecule has 0 aliphatic carbocycles. The molecule has 0 spiro atoms. The van der Waals surface area contributed by atoms with Crippen molar-refractivity contribution in [2.75, 3.05) is 105 Å². The number of morpholine rings is 1. The molecule has 0 radical (unpaired) electrons. The summed E-state index contributed by atoms with van der Waals surface area (Å²) in [5.74, 6) is -1.51. The molecule has 4 aliphatic rings. The topological polar surface area (TPSA) is 244 Å². The number of halogens is 7. The van der Waals surface area contributed by atoms with Crippen molar-refractivity contribution in [1.82, 2.24) is 91.8 Å². The molecule has 4 aliphatic heterocycles. The Morgan fingerprint density at radius 3 is 1.07 bits per heavy atom. The summed E-state index contributed by atoms with van der Waals surface area (Å²) in [6, 6.07) is 80.9. The summed E-state index contributed by atoms with van der Waals surface area (Å²) in [7, 11) is 0. The monoisotopic (exact) mass is 1980 g/mol. The molecular weight excluding hydrogens is 1890 g/mol. The minimum absolute atomic E-state index is 0.00342. The molecule has 1 N–H and O–H groups in total. The molecule has 143 heavy (non-hydrogen) atoms. The third kappa shape index (κ3) is 21.5. The highest BCUT2D eigenvalue weighted by Gasteiger charge is 2.32. The Bertz CT molecular complexity index is 7530. The summed E-state index contributed by atoms with van der Waals surface area (Å²) in [6.45, 7) is 13.9. The summed E-state index contributed by atoms with van der Waals surface area (Å²) in [5.41, 5.74) is 22.1. The van der Waals surface area contributed by atoms with E-state index in [4.69, 9.17) is 75.5 Å². The predicted molar refractivity (Wildman–Crippen MR) is 548 cm³/mol. The van der Waals surface area contributed by atoms with Gasteiger partial charge in [-0.2, -0.15) is 5.26 Å². The fourth-order valence-electron chi connectivity index (χ4n) is 18.5. The number of piperazine rings is 3. The lowest BCUT2D eigenvalue weighted by atomic mass is 10.0. The van der Waals surface area contributed by atoms with Gasteiger partial charge in [-0.25, -0.2) is 43.1 Å². The van der Waals surface area contributed by atoms with Crippen LogP contribution in [0.2, 0.25) is 20.1 Å². The number of nitrogens with one attached hydrogen (secondary N) is 1. The molecule has 23 rings (SSSR count). The van der Waals surface area contributed by atoms with Crippen LogP contribution in [0.3, 0.4) is 0 Å². The number of carbonyl (C=O) groups is 3. The third-order valence-electron chi connectivity index (χ3n) is 26.1. The standard InChI is InChI=1S/C30H24ClF2N5O.C28H25ClN6O.C28H24ClN5O2.C25H20ClFN4O/c31-23-7-4-20(5-8-23)29-26(19-36-14-16-37(17-15-36)30(39)21-10-12-34-13-11-21)38-18-22(6-9-27(38)35-29)28-24(32)2-1-3-25(28)33;29-23-9-6-21(7-10-23)27-25(18-33-12-14-34(15-13-33)28(36)24-16-30-19-31-24)35-17-22(8-11-26(35)32-27)20-4-2-1-3-5-20;29-23-9-6-21(7-10-23)27-24(18-32-12-14-33(15-13-32)28(35)25-16-30-19-36-25)34-17-22(8-11-26(34)31-27)20-4-2-1-3-5-20;26-20-7-4-17(5-8-20)25-22(16-30-10-12-32-13-11-30)31-15-19(6-9-23(31)29-25)24-18(14-28)2-1-3-21(24)27/h1-13,18H,14-17,19H2;1-11,16-17,19H,12-15,18H2,(H,30,31);1-11,16-17,19H,12-15,18H2;1-9,15H,10-13,16H2. The van der Waals surface area contributed by atoms with E-state index in [2.05, 4.69) is 127 Å². The number of carbonyl (C=O) groups excluding carboxylic acids is 3.